The lowest BCUT2D eigenvalue weighted by Crippen LogP contribution is -2.11. The maximum Gasteiger partial charge on any atom is 0.257 e. The first-order valence-corrected chi connectivity index (χ1v) is 8.55. The number of hydrogen-bond acceptors (Lipinski definition) is 4. The number of benzene rings is 1. The van der Waals surface area contributed by atoms with Crippen LogP contribution >= 0.6 is 0 Å². The quantitative estimate of drug-likeness (QED) is 0.558. The molecule has 134 valence electrons. The summed E-state index contributed by atoms with van der Waals surface area (Å²) in [7, 11) is 0. The Bertz CT molecular complexity index is 1120. The van der Waals surface area contributed by atoms with Crippen molar-refractivity contribution in [2.75, 3.05) is 5.32 Å². The SMILES string of the molecule is Cc1ncccc1Oc1ccc(NC(=O)c2c[nH]c3c(C)cccc23)cn1. The molecule has 0 aliphatic heterocycles. The number of fused-ring (bicyclic) bond motifs is 1. The predicted molar refractivity (Wildman–Crippen MR) is 104 cm³/mol. The van der Waals surface area contributed by atoms with Crippen molar-refractivity contribution in [2.24, 2.45) is 0 Å². The normalized spacial score (nSPS) is 10.7. The van der Waals surface area contributed by atoms with Gasteiger partial charge in [0.15, 0.2) is 5.75 Å². The molecule has 0 aliphatic carbocycles. The van der Waals surface area contributed by atoms with Crippen molar-refractivity contribution in [1.29, 1.82) is 0 Å². The summed E-state index contributed by atoms with van der Waals surface area (Å²) in [6.45, 7) is 3.87. The van der Waals surface area contributed by atoms with Gasteiger partial charge in [-0.05, 0) is 37.6 Å². The number of rotatable bonds is 4. The molecule has 0 fully saturated rings. The van der Waals surface area contributed by atoms with Crippen molar-refractivity contribution in [3.63, 3.8) is 0 Å². The molecule has 1 aromatic carbocycles. The van der Waals surface area contributed by atoms with Gasteiger partial charge in [0.05, 0.1) is 23.1 Å². The number of H-pyrrole nitrogens is 1. The van der Waals surface area contributed by atoms with Crippen molar-refractivity contribution in [3.05, 3.63) is 77.9 Å². The summed E-state index contributed by atoms with van der Waals surface area (Å²) in [5.41, 5.74) is 4.04. The third-order valence-corrected chi connectivity index (χ3v) is 4.34. The third-order valence-electron chi connectivity index (χ3n) is 4.34. The Hall–Kier alpha value is -3.67. The van der Waals surface area contributed by atoms with Crippen LogP contribution in [0.1, 0.15) is 21.6 Å². The maximum absolute atomic E-state index is 12.6. The van der Waals surface area contributed by atoms with Crippen LogP contribution in [-0.4, -0.2) is 20.9 Å². The summed E-state index contributed by atoms with van der Waals surface area (Å²) in [5, 5.41) is 3.76. The Morgan fingerprint density at radius 1 is 1.07 bits per heavy atom. The molecule has 0 aliphatic rings. The lowest BCUT2D eigenvalue weighted by Gasteiger charge is -2.08. The molecule has 27 heavy (non-hydrogen) atoms. The minimum atomic E-state index is -0.189. The van der Waals surface area contributed by atoms with Crippen molar-refractivity contribution in [3.8, 4) is 11.6 Å². The highest BCUT2D eigenvalue weighted by molar-refractivity contribution is 6.13. The van der Waals surface area contributed by atoms with Crippen molar-refractivity contribution < 1.29 is 9.53 Å². The van der Waals surface area contributed by atoms with Crippen molar-refractivity contribution in [2.45, 2.75) is 13.8 Å². The van der Waals surface area contributed by atoms with E-state index in [1.165, 1.54) is 0 Å². The van der Waals surface area contributed by atoms with Crippen LogP contribution in [0.5, 0.6) is 11.6 Å². The third kappa shape index (κ3) is 3.37. The number of aryl methyl sites for hydroxylation is 2. The second-order valence-electron chi connectivity index (χ2n) is 6.23. The van der Waals surface area contributed by atoms with Gasteiger partial charge in [-0.2, -0.15) is 0 Å². The summed E-state index contributed by atoms with van der Waals surface area (Å²) in [6.07, 6.45) is 5.00. The van der Waals surface area contributed by atoms with Gasteiger partial charge in [0, 0.05) is 29.4 Å². The van der Waals surface area contributed by atoms with Crippen LogP contribution in [0.15, 0.2) is 61.1 Å². The number of amides is 1. The highest BCUT2D eigenvalue weighted by Gasteiger charge is 2.13. The number of aromatic amines is 1. The number of carbonyl (C=O) groups is 1. The molecule has 0 saturated carbocycles. The van der Waals surface area contributed by atoms with E-state index >= 15 is 0 Å². The molecule has 4 rings (SSSR count). The molecule has 6 nitrogen and oxygen atoms in total. The fourth-order valence-corrected chi connectivity index (χ4v) is 2.90. The minimum absolute atomic E-state index is 0.189. The number of anilines is 1. The molecule has 3 heterocycles. The van der Waals surface area contributed by atoms with Crippen LogP contribution in [0.3, 0.4) is 0 Å². The average Bonchev–Trinajstić information content (AvgIpc) is 3.11. The lowest BCUT2D eigenvalue weighted by molar-refractivity contribution is 0.102. The molecule has 0 radical (unpaired) electrons. The molecule has 0 spiro atoms. The van der Waals surface area contributed by atoms with Crippen LogP contribution < -0.4 is 10.1 Å². The van der Waals surface area contributed by atoms with E-state index in [0.717, 1.165) is 22.2 Å². The fourth-order valence-electron chi connectivity index (χ4n) is 2.90. The molecular formula is C21H18N4O2. The number of pyridine rings is 2. The maximum atomic E-state index is 12.6. The number of nitrogens with zero attached hydrogens (tertiary/aromatic N) is 2. The number of nitrogens with one attached hydrogen (secondary N) is 2. The van der Waals surface area contributed by atoms with Gasteiger partial charge in [-0.3, -0.25) is 9.78 Å². The summed E-state index contributed by atoms with van der Waals surface area (Å²) in [6, 6.07) is 13.0. The minimum Gasteiger partial charge on any atom is -0.437 e. The first-order valence-electron chi connectivity index (χ1n) is 8.55. The number of hydrogen-bond donors (Lipinski definition) is 2. The van der Waals surface area contributed by atoms with Crippen LogP contribution in [0.2, 0.25) is 0 Å². The number of para-hydroxylation sites is 1. The van der Waals surface area contributed by atoms with Gasteiger partial charge >= 0.3 is 0 Å². The summed E-state index contributed by atoms with van der Waals surface area (Å²) in [4.78, 5) is 24.2. The second-order valence-corrected chi connectivity index (χ2v) is 6.23. The van der Waals surface area contributed by atoms with Gasteiger partial charge in [-0.1, -0.05) is 18.2 Å². The Morgan fingerprint density at radius 3 is 2.74 bits per heavy atom. The van der Waals surface area contributed by atoms with E-state index in [1.807, 2.05) is 38.1 Å². The van der Waals surface area contributed by atoms with Crippen LogP contribution in [0, 0.1) is 13.8 Å². The van der Waals surface area contributed by atoms with Crippen molar-refractivity contribution in [1.82, 2.24) is 15.0 Å². The van der Waals surface area contributed by atoms with Gasteiger partial charge in [-0.15, -0.1) is 0 Å². The van der Waals surface area contributed by atoms with Gasteiger partial charge in [0.2, 0.25) is 5.88 Å². The highest BCUT2D eigenvalue weighted by atomic mass is 16.5. The summed E-state index contributed by atoms with van der Waals surface area (Å²) < 4.78 is 5.72. The van der Waals surface area contributed by atoms with Crippen LogP contribution in [0.4, 0.5) is 5.69 Å². The van der Waals surface area contributed by atoms with E-state index in [9.17, 15) is 4.79 Å². The molecule has 6 heteroatoms. The van der Waals surface area contributed by atoms with Crippen LogP contribution in [0.25, 0.3) is 10.9 Å². The molecule has 0 atom stereocenters. The topological polar surface area (TPSA) is 79.9 Å². The van der Waals surface area contributed by atoms with Gasteiger partial charge < -0.3 is 15.0 Å². The number of aromatic nitrogens is 3. The van der Waals surface area contributed by atoms with Gasteiger partial charge in [0.25, 0.3) is 5.91 Å². The van der Waals surface area contributed by atoms with E-state index in [4.69, 9.17) is 4.74 Å². The first kappa shape index (κ1) is 16.8. The second kappa shape index (κ2) is 6.92. The van der Waals surface area contributed by atoms with Gasteiger partial charge in [-0.25, -0.2) is 4.98 Å². The Labute approximate surface area is 156 Å². The smallest absolute Gasteiger partial charge is 0.257 e. The average molecular weight is 358 g/mol. The Kier molecular flexibility index (Phi) is 4.30. The fraction of sp³-hybridized carbons (Fsp3) is 0.0952. The molecule has 3 aromatic heterocycles. The molecule has 0 unspecified atom stereocenters. The zero-order valence-corrected chi connectivity index (χ0v) is 15.0. The molecular weight excluding hydrogens is 340 g/mol. The lowest BCUT2D eigenvalue weighted by atomic mass is 10.1. The zero-order valence-electron chi connectivity index (χ0n) is 15.0. The van der Waals surface area contributed by atoms with E-state index in [2.05, 4.69) is 20.3 Å². The monoisotopic (exact) mass is 358 g/mol. The number of ether oxygens (including phenoxy) is 1. The van der Waals surface area contributed by atoms with E-state index in [0.29, 0.717) is 22.9 Å². The zero-order chi connectivity index (χ0) is 18.8. The molecule has 1 amide bonds. The first-order chi connectivity index (χ1) is 13.1. The Balaban J connectivity index is 1.50. The van der Waals surface area contributed by atoms with Crippen LogP contribution in [-0.2, 0) is 0 Å². The summed E-state index contributed by atoms with van der Waals surface area (Å²) >= 11 is 0. The molecule has 2 N–H and O–H groups in total. The van der Waals surface area contributed by atoms with Gasteiger partial charge in [0.1, 0.15) is 0 Å². The standard InChI is InChI=1S/C21H18N4O2/c1-13-5-3-6-16-17(12-24-20(13)16)21(26)25-15-8-9-19(23-11-15)27-18-7-4-10-22-14(18)2/h3-12,24H,1-2H3,(H,25,26). The predicted octanol–water partition coefficient (Wildman–Crippen LogP) is 4.62. The van der Waals surface area contributed by atoms with E-state index in [1.54, 1.807) is 36.8 Å². The largest absolute Gasteiger partial charge is 0.437 e. The van der Waals surface area contributed by atoms with E-state index < -0.39 is 0 Å². The highest BCUT2D eigenvalue weighted by Crippen LogP contribution is 2.24. The van der Waals surface area contributed by atoms with E-state index in [-0.39, 0.29) is 5.91 Å². The molecule has 0 bridgehead atoms. The molecule has 4 aromatic rings. The number of carbonyl (C=O) groups excluding carboxylic acids is 1. The molecule has 0 saturated heterocycles. The summed E-state index contributed by atoms with van der Waals surface area (Å²) in [5.74, 6) is 0.896. The van der Waals surface area contributed by atoms with Crippen molar-refractivity contribution >= 4 is 22.5 Å². The Morgan fingerprint density at radius 2 is 1.96 bits per heavy atom.